The maximum Gasteiger partial charge on any atom is 0.0476 e. The van der Waals surface area contributed by atoms with Crippen LogP contribution in [0.2, 0.25) is 0 Å². The molecule has 0 amide bonds. The lowest BCUT2D eigenvalue weighted by Crippen LogP contribution is -2.27. The second-order valence-electron chi connectivity index (χ2n) is 10.5. The number of rotatable bonds is 10. The molecule has 1 N–H and O–H groups in total. The second-order valence-corrected chi connectivity index (χ2v) is 10.5. The van der Waals surface area contributed by atoms with Crippen LogP contribution in [0, 0.1) is 11.8 Å². The van der Waals surface area contributed by atoms with Crippen LogP contribution in [0.5, 0.6) is 0 Å². The summed E-state index contributed by atoms with van der Waals surface area (Å²) < 4.78 is 0. The molecule has 0 radical (unpaired) electrons. The Labute approximate surface area is 212 Å². The topological polar surface area (TPSA) is 12.0 Å². The molecule has 190 valence electrons. The number of hydrogen-bond acceptors (Lipinski definition) is 1. The smallest absolute Gasteiger partial charge is 0.0476 e. The van der Waals surface area contributed by atoms with Gasteiger partial charge in [-0.05, 0) is 67.1 Å². The Kier molecular flexibility index (Phi) is 12.7. The Morgan fingerprint density at radius 2 is 1.62 bits per heavy atom. The van der Waals surface area contributed by atoms with E-state index < -0.39 is 0 Å². The van der Waals surface area contributed by atoms with E-state index in [4.69, 9.17) is 0 Å². The highest BCUT2D eigenvalue weighted by molar-refractivity contribution is 5.36. The highest BCUT2D eigenvalue weighted by Gasteiger charge is 2.40. The zero-order valence-electron chi connectivity index (χ0n) is 23.8. The van der Waals surface area contributed by atoms with Gasteiger partial charge >= 0.3 is 0 Å². The van der Waals surface area contributed by atoms with E-state index >= 15 is 0 Å². The molecule has 0 bridgehead atoms. The van der Waals surface area contributed by atoms with E-state index in [2.05, 4.69) is 95.6 Å². The molecule has 1 heteroatoms. The quantitative estimate of drug-likeness (QED) is 0.340. The molecule has 0 heterocycles. The van der Waals surface area contributed by atoms with Crippen LogP contribution in [0.4, 0.5) is 0 Å². The predicted octanol–water partition coefficient (Wildman–Crippen LogP) is 9.88. The first-order chi connectivity index (χ1) is 16.2. The summed E-state index contributed by atoms with van der Waals surface area (Å²) in [5.41, 5.74) is 6.75. The summed E-state index contributed by atoms with van der Waals surface area (Å²) in [6.45, 7) is 27.8. The van der Waals surface area contributed by atoms with Gasteiger partial charge in [-0.15, -0.1) is 0 Å². The zero-order chi connectivity index (χ0) is 25.9. The molecule has 2 saturated carbocycles. The van der Waals surface area contributed by atoms with Crippen LogP contribution in [-0.2, 0) is 5.41 Å². The predicted molar refractivity (Wildman–Crippen MR) is 154 cm³/mol. The van der Waals surface area contributed by atoms with E-state index in [0.29, 0.717) is 11.8 Å². The summed E-state index contributed by atoms with van der Waals surface area (Å²) in [5, 5.41) is 3.61. The average Bonchev–Trinajstić information content (AvgIpc) is 3.75. The molecule has 0 aromatic heterocycles. The number of allylic oxidation sites excluding steroid dienone is 4. The fourth-order valence-corrected chi connectivity index (χ4v) is 4.12. The van der Waals surface area contributed by atoms with E-state index in [9.17, 15) is 0 Å². The standard InChI is InChI=1S/C29H41N.2C2H6/c1-8-23(11-12-24-13-14-24)10-9-20(2)21(3)30-22(4)27-19-28(27)25-15-17-26(18-16-25)29(5,6)7;2*1-2/h8-10,15-18,21,24,27-28,30H,2,4,11-14,19H2,1,3,5-7H3;2*1-2H3/b10-9-,23-8+;;. The van der Waals surface area contributed by atoms with Gasteiger partial charge < -0.3 is 5.32 Å². The van der Waals surface area contributed by atoms with Gasteiger partial charge in [-0.25, -0.2) is 0 Å². The van der Waals surface area contributed by atoms with Crippen molar-refractivity contribution < 1.29 is 0 Å². The van der Waals surface area contributed by atoms with Crippen molar-refractivity contribution in [3.05, 3.63) is 83.6 Å². The van der Waals surface area contributed by atoms with Crippen LogP contribution in [0.15, 0.2) is 72.5 Å². The molecule has 3 rings (SSSR count). The number of hydrogen-bond donors (Lipinski definition) is 1. The summed E-state index contributed by atoms with van der Waals surface area (Å²) in [7, 11) is 0. The molecule has 34 heavy (non-hydrogen) atoms. The van der Waals surface area contributed by atoms with Crippen molar-refractivity contribution in [3.8, 4) is 0 Å². The minimum Gasteiger partial charge on any atom is -0.382 e. The lowest BCUT2D eigenvalue weighted by Gasteiger charge is -2.20. The van der Waals surface area contributed by atoms with Crippen LogP contribution in [0.1, 0.15) is 111 Å². The fraction of sp³-hybridized carbons (Fsp3) is 0.576. The normalized spacial score (nSPS) is 20.4. The molecule has 2 aliphatic carbocycles. The lowest BCUT2D eigenvalue weighted by molar-refractivity contribution is 0.590. The molecule has 0 saturated heterocycles. The summed E-state index contributed by atoms with van der Waals surface area (Å²) in [6.07, 6.45) is 13.3. The minimum absolute atomic E-state index is 0.208. The second kappa shape index (κ2) is 14.4. The van der Waals surface area contributed by atoms with Crippen LogP contribution < -0.4 is 5.32 Å². The van der Waals surface area contributed by atoms with Crippen molar-refractivity contribution in [2.45, 2.75) is 112 Å². The first kappa shape index (κ1) is 30.0. The molecule has 3 atom stereocenters. The van der Waals surface area contributed by atoms with Gasteiger partial charge in [0.1, 0.15) is 0 Å². The molecular weight excluding hydrogens is 410 g/mol. The minimum atomic E-state index is 0.208. The highest BCUT2D eigenvalue weighted by Crippen LogP contribution is 2.51. The van der Waals surface area contributed by atoms with Crippen LogP contribution in [0.25, 0.3) is 0 Å². The third kappa shape index (κ3) is 9.69. The average molecular weight is 464 g/mol. The molecule has 0 spiro atoms. The third-order valence-electron chi connectivity index (χ3n) is 6.82. The Morgan fingerprint density at radius 1 is 1.03 bits per heavy atom. The molecule has 1 aromatic rings. The zero-order valence-corrected chi connectivity index (χ0v) is 23.8. The maximum absolute atomic E-state index is 4.35. The third-order valence-corrected chi connectivity index (χ3v) is 6.82. The Balaban J connectivity index is 0.00000137. The fourth-order valence-electron chi connectivity index (χ4n) is 4.12. The van der Waals surface area contributed by atoms with Crippen molar-refractivity contribution in [1.29, 1.82) is 0 Å². The summed E-state index contributed by atoms with van der Waals surface area (Å²) >= 11 is 0. The van der Waals surface area contributed by atoms with E-state index in [1.54, 1.807) is 0 Å². The van der Waals surface area contributed by atoms with Gasteiger partial charge in [0.2, 0.25) is 0 Å². The van der Waals surface area contributed by atoms with Crippen molar-refractivity contribution in [1.82, 2.24) is 5.32 Å². The van der Waals surface area contributed by atoms with Gasteiger partial charge in [-0.3, -0.25) is 0 Å². The lowest BCUT2D eigenvalue weighted by atomic mass is 9.86. The first-order valence-corrected chi connectivity index (χ1v) is 13.8. The van der Waals surface area contributed by atoms with Crippen LogP contribution in [0.3, 0.4) is 0 Å². The molecule has 2 fully saturated rings. The summed E-state index contributed by atoms with van der Waals surface area (Å²) in [5.74, 6) is 2.12. The van der Waals surface area contributed by atoms with Gasteiger partial charge in [0.15, 0.2) is 0 Å². The van der Waals surface area contributed by atoms with E-state index in [-0.39, 0.29) is 11.5 Å². The first-order valence-electron chi connectivity index (χ1n) is 13.8. The monoisotopic (exact) mass is 463 g/mol. The SMILES string of the molecule is C=C(/C=C\C(=C/C)CCC1CC1)C(C)NC(=C)C1CC1c1ccc(C(C)(C)C)cc1.CC.CC. The Hall–Kier alpha value is -2.02. The van der Waals surface area contributed by atoms with Gasteiger partial charge in [-0.2, -0.15) is 0 Å². The van der Waals surface area contributed by atoms with Crippen molar-refractivity contribution in [3.63, 3.8) is 0 Å². The van der Waals surface area contributed by atoms with Gasteiger partial charge in [0, 0.05) is 17.7 Å². The Morgan fingerprint density at radius 3 is 2.12 bits per heavy atom. The number of benzene rings is 1. The number of nitrogens with one attached hydrogen (secondary N) is 1. The van der Waals surface area contributed by atoms with Gasteiger partial charge in [-0.1, -0.05) is 123 Å². The van der Waals surface area contributed by atoms with E-state index in [0.717, 1.165) is 17.2 Å². The van der Waals surface area contributed by atoms with Crippen molar-refractivity contribution in [2.24, 2.45) is 11.8 Å². The molecule has 2 aliphatic rings. The molecular formula is C33H53N. The summed E-state index contributed by atoms with van der Waals surface area (Å²) in [4.78, 5) is 0. The van der Waals surface area contributed by atoms with Crippen LogP contribution in [-0.4, -0.2) is 6.04 Å². The maximum atomic E-state index is 4.35. The van der Waals surface area contributed by atoms with Crippen LogP contribution >= 0.6 is 0 Å². The molecule has 3 unspecified atom stereocenters. The summed E-state index contributed by atoms with van der Waals surface area (Å²) in [6, 6.07) is 9.41. The van der Waals surface area contributed by atoms with Gasteiger partial charge in [0.25, 0.3) is 0 Å². The van der Waals surface area contributed by atoms with Gasteiger partial charge in [0.05, 0.1) is 0 Å². The van der Waals surface area contributed by atoms with E-state index in [1.165, 1.54) is 48.8 Å². The molecule has 1 nitrogen and oxygen atoms in total. The molecule has 0 aliphatic heterocycles. The van der Waals surface area contributed by atoms with Crippen molar-refractivity contribution >= 4 is 0 Å². The van der Waals surface area contributed by atoms with E-state index in [1.807, 2.05) is 27.7 Å². The Bertz CT molecular complexity index is 811. The largest absolute Gasteiger partial charge is 0.382 e. The molecule has 1 aromatic carbocycles. The van der Waals surface area contributed by atoms with Crippen molar-refractivity contribution in [2.75, 3.05) is 0 Å². The highest BCUT2D eigenvalue weighted by atomic mass is 14.9.